The summed E-state index contributed by atoms with van der Waals surface area (Å²) in [6, 6.07) is 3.77. The maximum absolute atomic E-state index is 12.3. The normalized spacial score (nSPS) is 19.2. The number of benzene rings is 1. The molecule has 0 atom stereocenters. The molecule has 0 aromatic heterocycles. The lowest BCUT2D eigenvalue weighted by Gasteiger charge is -2.29. The van der Waals surface area contributed by atoms with Gasteiger partial charge in [0.1, 0.15) is 0 Å². The zero-order chi connectivity index (χ0) is 21.1. The van der Waals surface area contributed by atoms with Crippen molar-refractivity contribution in [3.05, 3.63) is 39.4 Å². The summed E-state index contributed by atoms with van der Waals surface area (Å²) in [6.45, 7) is 0.0521. The second kappa shape index (κ2) is 8.17. The van der Waals surface area contributed by atoms with Gasteiger partial charge in [-0.1, -0.05) is 6.07 Å². The van der Waals surface area contributed by atoms with Gasteiger partial charge in [-0.3, -0.25) is 44.7 Å². The van der Waals surface area contributed by atoms with Crippen molar-refractivity contribution in [2.24, 2.45) is 0 Å². The van der Waals surface area contributed by atoms with Crippen LogP contribution in [0.4, 0.5) is 5.69 Å². The Kier molecular flexibility index (Phi) is 5.66. The summed E-state index contributed by atoms with van der Waals surface area (Å²) in [7, 11) is 0. The molecule has 0 saturated carbocycles. The lowest BCUT2D eigenvalue weighted by Crippen LogP contribution is -2.48. The third kappa shape index (κ3) is 4.45. The van der Waals surface area contributed by atoms with E-state index >= 15 is 0 Å². The number of nitro groups is 1. The van der Waals surface area contributed by atoms with Crippen molar-refractivity contribution in [1.82, 2.24) is 15.5 Å². The van der Waals surface area contributed by atoms with Crippen molar-refractivity contribution >= 4 is 35.2 Å². The Labute approximate surface area is 164 Å². The van der Waals surface area contributed by atoms with E-state index in [1.165, 1.54) is 23.1 Å². The van der Waals surface area contributed by atoms with Crippen LogP contribution in [0.1, 0.15) is 48.0 Å². The fourth-order valence-corrected chi connectivity index (χ4v) is 3.47. The van der Waals surface area contributed by atoms with Crippen molar-refractivity contribution in [2.75, 3.05) is 0 Å². The number of imide groups is 2. The lowest BCUT2D eigenvalue weighted by molar-refractivity contribution is -0.385. The van der Waals surface area contributed by atoms with E-state index in [1.807, 2.05) is 0 Å². The summed E-state index contributed by atoms with van der Waals surface area (Å²) in [5.41, 5.74) is 0.489. The van der Waals surface area contributed by atoms with E-state index in [9.17, 15) is 34.1 Å². The topological polar surface area (TPSA) is 156 Å². The molecule has 11 heteroatoms. The van der Waals surface area contributed by atoms with Gasteiger partial charge in [0.15, 0.2) is 0 Å². The summed E-state index contributed by atoms with van der Waals surface area (Å²) < 4.78 is 0. The number of piperidine rings is 2. The van der Waals surface area contributed by atoms with Gasteiger partial charge in [0.2, 0.25) is 23.6 Å². The Morgan fingerprint density at radius 2 is 1.52 bits per heavy atom. The molecule has 0 unspecified atom stereocenters. The van der Waals surface area contributed by atoms with Crippen LogP contribution in [0.5, 0.6) is 0 Å². The van der Waals surface area contributed by atoms with Gasteiger partial charge in [-0.25, -0.2) is 0 Å². The van der Waals surface area contributed by atoms with Crippen LogP contribution in [0.15, 0.2) is 18.2 Å². The predicted molar refractivity (Wildman–Crippen MR) is 96.1 cm³/mol. The molecule has 5 amide bonds. The first-order valence-electron chi connectivity index (χ1n) is 8.99. The molecule has 4 rings (SSSR count). The van der Waals surface area contributed by atoms with E-state index in [0.717, 1.165) is 0 Å². The quantitative estimate of drug-likeness (QED) is 0.406. The number of amides is 5. The molecule has 152 valence electrons. The smallest absolute Gasteiger partial charge is 0.275 e. The summed E-state index contributed by atoms with van der Waals surface area (Å²) >= 11 is 0. The molecule has 2 saturated heterocycles. The molecule has 1 aromatic carbocycles. The zero-order valence-electron chi connectivity index (χ0n) is 15.3. The molecule has 3 aliphatic rings. The fourth-order valence-electron chi connectivity index (χ4n) is 3.47. The Morgan fingerprint density at radius 3 is 2.03 bits per heavy atom. The number of nitro benzene ring substituents is 1. The van der Waals surface area contributed by atoms with E-state index in [1.54, 1.807) is 0 Å². The first-order valence-corrected chi connectivity index (χ1v) is 8.99. The minimum Gasteiger partial charge on any atom is -0.330 e. The third-order valence-corrected chi connectivity index (χ3v) is 4.82. The van der Waals surface area contributed by atoms with Gasteiger partial charge in [-0.2, -0.15) is 0 Å². The minimum absolute atomic E-state index is 0.0270. The van der Waals surface area contributed by atoms with Crippen molar-refractivity contribution in [1.29, 1.82) is 0 Å². The van der Waals surface area contributed by atoms with Gasteiger partial charge in [0, 0.05) is 37.8 Å². The van der Waals surface area contributed by atoms with Crippen LogP contribution in [0.25, 0.3) is 0 Å². The zero-order valence-corrected chi connectivity index (χ0v) is 15.3. The molecule has 0 radical (unpaired) electrons. The Bertz CT molecular complexity index is 897. The molecule has 3 heterocycles. The Morgan fingerprint density at radius 1 is 0.931 bits per heavy atom. The second-order valence-electron chi connectivity index (χ2n) is 6.85. The molecule has 1 aromatic rings. The molecule has 29 heavy (non-hydrogen) atoms. The average Bonchev–Trinajstić information content (AvgIpc) is 2.98. The Balaban J connectivity index is 0.000000252. The van der Waals surface area contributed by atoms with Crippen molar-refractivity contribution in [3.63, 3.8) is 0 Å². The minimum atomic E-state index is -0.550. The van der Waals surface area contributed by atoms with Crippen molar-refractivity contribution in [2.45, 2.75) is 44.7 Å². The number of nitrogens with zero attached hydrogens (tertiary/aromatic N) is 2. The molecule has 0 spiro atoms. The Hall–Kier alpha value is -3.63. The standard InChI is InChI=1S/C13H11N3O5.C5H7NO2/c17-11-4-7(5-12(18)14-11)15-6-9-8(13(15)19)2-1-3-10(9)16(20)21;7-4-2-1-3-5(8)6-4/h1-3,7H,4-6H2,(H,14,17,18);1-3H2,(H,6,7,8). The van der Waals surface area contributed by atoms with Crippen LogP contribution in [-0.4, -0.2) is 45.4 Å². The maximum Gasteiger partial charge on any atom is 0.275 e. The van der Waals surface area contributed by atoms with E-state index in [4.69, 9.17) is 0 Å². The largest absolute Gasteiger partial charge is 0.330 e. The molecule has 0 bridgehead atoms. The first-order chi connectivity index (χ1) is 13.8. The van der Waals surface area contributed by atoms with Crippen molar-refractivity contribution in [3.8, 4) is 0 Å². The fraction of sp³-hybridized carbons (Fsp3) is 0.389. The second-order valence-corrected chi connectivity index (χ2v) is 6.85. The summed E-state index contributed by atoms with van der Waals surface area (Å²) in [6.07, 6.45) is 1.78. The highest BCUT2D eigenvalue weighted by Gasteiger charge is 2.39. The highest BCUT2D eigenvalue weighted by molar-refractivity contribution is 6.02. The van der Waals surface area contributed by atoms with Gasteiger partial charge in [0.25, 0.3) is 11.6 Å². The van der Waals surface area contributed by atoms with Crippen LogP contribution >= 0.6 is 0 Å². The number of hydrogen-bond acceptors (Lipinski definition) is 7. The molecular weight excluding hydrogens is 384 g/mol. The molecule has 2 N–H and O–H groups in total. The van der Waals surface area contributed by atoms with E-state index in [2.05, 4.69) is 10.6 Å². The van der Waals surface area contributed by atoms with Crippen LogP contribution in [-0.2, 0) is 25.7 Å². The van der Waals surface area contributed by atoms with Gasteiger partial charge < -0.3 is 4.90 Å². The van der Waals surface area contributed by atoms with E-state index in [-0.39, 0.29) is 48.4 Å². The van der Waals surface area contributed by atoms with Gasteiger partial charge in [0.05, 0.1) is 22.6 Å². The van der Waals surface area contributed by atoms with Crippen LogP contribution in [0.3, 0.4) is 0 Å². The van der Waals surface area contributed by atoms with E-state index in [0.29, 0.717) is 24.8 Å². The number of carbonyl (C=O) groups is 5. The summed E-state index contributed by atoms with van der Waals surface area (Å²) in [5, 5.41) is 15.4. The average molecular weight is 402 g/mol. The third-order valence-electron chi connectivity index (χ3n) is 4.82. The number of rotatable bonds is 2. The SMILES string of the molecule is O=C1CC(N2Cc3c(cccc3[N+](=O)[O-])C2=O)CC(=O)N1.O=C1CCCC(=O)N1. The van der Waals surface area contributed by atoms with Crippen LogP contribution in [0, 0.1) is 10.1 Å². The van der Waals surface area contributed by atoms with Gasteiger partial charge in [-0.05, 0) is 12.5 Å². The highest BCUT2D eigenvalue weighted by atomic mass is 16.6. The first kappa shape index (κ1) is 20.1. The molecular formula is C18H18N4O7. The van der Waals surface area contributed by atoms with Crippen molar-refractivity contribution < 1.29 is 28.9 Å². The number of hydrogen-bond donors (Lipinski definition) is 2. The van der Waals surface area contributed by atoms with Crippen LogP contribution < -0.4 is 10.6 Å². The molecule has 11 nitrogen and oxygen atoms in total. The molecule has 3 aliphatic heterocycles. The monoisotopic (exact) mass is 402 g/mol. The summed E-state index contributed by atoms with van der Waals surface area (Å²) in [4.78, 5) is 67.7. The maximum atomic E-state index is 12.3. The highest BCUT2D eigenvalue weighted by Crippen LogP contribution is 2.33. The lowest BCUT2D eigenvalue weighted by atomic mass is 10.0. The molecule has 0 aliphatic carbocycles. The van der Waals surface area contributed by atoms with Gasteiger partial charge >= 0.3 is 0 Å². The van der Waals surface area contributed by atoms with E-state index < -0.39 is 22.8 Å². The number of fused-ring (bicyclic) bond motifs is 1. The van der Waals surface area contributed by atoms with Crippen LogP contribution in [0.2, 0.25) is 0 Å². The van der Waals surface area contributed by atoms with Gasteiger partial charge in [-0.15, -0.1) is 0 Å². The summed E-state index contributed by atoms with van der Waals surface area (Å²) in [5.74, 6) is -1.52. The predicted octanol–water partition coefficient (Wildman–Crippen LogP) is 0.169. The molecule has 2 fully saturated rings. The number of nitrogens with one attached hydrogen (secondary N) is 2. The number of carbonyl (C=O) groups excluding carboxylic acids is 5.